The van der Waals surface area contributed by atoms with Crippen molar-refractivity contribution in [1.82, 2.24) is 30.1 Å². The predicted octanol–water partition coefficient (Wildman–Crippen LogP) is 2.77. The van der Waals surface area contributed by atoms with Crippen molar-refractivity contribution in [1.29, 1.82) is 0 Å². The number of carbonyl (C=O) groups is 1. The number of carbonyl (C=O) groups excluding carboxylic acids is 1. The van der Waals surface area contributed by atoms with Crippen LogP contribution in [0.25, 0.3) is 11.2 Å². The van der Waals surface area contributed by atoms with Crippen LogP contribution in [0, 0.1) is 3.70 Å². The van der Waals surface area contributed by atoms with Crippen LogP contribution in [-0.2, 0) is 9.53 Å². The molecule has 1 atom stereocenters. The van der Waals surface area contributed by atoms with Crippen LogP contribution in [0.1, 0.15) is 17.4 Å². The Balaban J connectivity index is 0.000000194. The van der Waals surface area contributed by atoms with Crippen LogP contribution in [-0.4, -0.2) is 55.3 Å². The molecule has 4 heterocycles. The maximum Gasteiger partial charge on any atom is 0.336 e. The lowest BCUT2D eigenvalue weighted by atomic mass is 10.2. The first-order chi connectivity index (χ1) is 12.4. The number of ether oxygens (including phenoxy) is 1. The SMILES string of the molecule is COC(=O)C1N=C(I)c2ncc(Cl)nc21.Clc1cnc2c(I)[nH]nc2n1.[B]. The number of halogens is 4. The molecule has 137 valence electrons. The first-order valence-electron chi connectivity index (χ1n) is 6.76. The maximum atomic E-state index is 11.4. The molecule has 0 saturated carbocycles. The fourth-order valence-corrected chi connectivity index (χ4v) is 3.45. The van der Waals surface area contributed by atoms with Crippen molar-refractivity contribution in [3.8, 4) is 0 Å². The van der Waals surface area contributed by atoms with Crippen molar-refractivity contribution < 1.29 is 9.53 Å². The van der Waals surface area contributed by atoms with Gasteiger partial charge in [-0.05, 0) is 45.2 Å². The molecule has 1 aliphatic rings. The fourth-order valence-electron chi connectivity index (χ4n) is 1.99. The zero-order valence-electron chi connectivity index (χ0n) is 13.3. The number of nitrogens with zero attached hydrogens (tertiary/aromatic N) is 6. The minimum absolute atomic E-state index is 0. The second-order valence-corrected chi connectivity index (χ2v) is 7.55. The van der Waals surface area contributed by atoms with Gasteiger partial charge in [-0.3, -0.25) is 10.1 Å². The molecule has 3 aromatic heterocycles. The number of hydrogen-bond acceptors (Lipinski definition) is 8. The van der Waals surface area contributed by atoms with Crippen LogP contribution in [0.15, 0.2) is 17.4 Å². The third kappa shape index (κ3) is 4.84. The van der Waals surface area contributed by atoms with Gasteiger partial charge >= 0.3 is 5.97 Å². The number of nitrogens with one attached hydrogen (secondary N) is 1. The summed E-state index contributed by atoms with van der Waals surface area (Å²) in [7, 11) is 1.31. The van der Waals surface area contributed by atoms with E-state index in [1.165, 1.54) is 19.5 Å². The highest BCUT2D eigenvalue weighted by molar-refractivity contribution is 14.1. The molecule has 0 saturated heterocycles. The molecule has 1 aliphatic heterocycles. The molecule has 1 unspecified atom stereocenters. The van der Waals surface area contributed by atoms with Gasteiger partial charge < -0.3 is 4.74 Å². The molecule has 0 aliphatic carbocycles. The van der Waals surface area contributed by atoms with Crippen LogP contribution < -0.4 is 0 Å². The van der Waals surface area contributed by atoms with E-state index in [-0.39, 0.29) is 13.6 Å². The van der Waals surface area contributed by atoms with Gasteiger partial charge in [0.05, 0.1) is 19.5 Å². The Labute approximate surface area is 192 Å². The van der Waals surface area contributed by atoms with E-state index in [2.05, 4.69) is 62.5 Å². The molecule has 1 N–H and O–H groups in total. The normalized spacial score (nSPS) is 14.6. The third-order valence-corrected chi connectivity index (χ3v) is 4.99. The van der Waals surface area contributed by atoms with Crippen LogP contribution >= 0.6 is 68.4 Å². The van der Waals surface area contributed by atoms with Crippen LogP contribution in [0.5, 0.6) is 0 Å². The Morgan fingerprint density at radius 2 is 1.85 bits per heavy atom. The Kier molecular flexibility index (Phi) is 7.70. The van der Waals surface area contributed by atoms with Crippen molar-refractivity contribution in [2.75, 3.05) is 7.11 Å². The Morgan fingerprint density at radius 1 is 1.19 bits per heavy atom. The van der Waals surface area contributed by atoms with Crippen molar-refractivity contribution in [3.05, 3.63) is 37.8 Å². The number of H-pyrrole nitrogens is 1. The summed E-state index contributed by atoms with van der Waals surface area (Å²) in [4.78, 5) is 31.6. The van der Waals surface area contributed by atoms with Crippen molar-refractivity contribution in [2.24, 2.45) is 4.99 Å². The first kappa shape index (κ1) is 22.2. The van der Waals surface area contributed by atoms with Crippen molar-refractivity contribution >= 4 is 97.6 Å². The first-order valence-corrected chi connectivity index (χ1v) is 9.68. The molecular weight excluding hydrogens is 622 g/mol. The number of aromatic amines is 1. The number of hydrogen-bond donors (Lipinski definition) is 1. The van der Waals surface area contributed by atoms with E-state index in [1.807, 2.05) is 22.6 Å². The molecule has 27 heavy (non-hydrogen) atoms. The average Bonchev–Trinajstić information content (AvgIpc) is 3.15. The van der Waals surface area contributed by atoms with Crippen LogP contribution in [0.3, 0.4) is 0 Å². The Morgan fingerprint density at radius 3 is 2.56 bits per heavy atom. The minimum atomic E-state index is -0.733. The second-order valence-electron chi connectivity index (χ2n) is 4.67. The van der Waals surface area contributed by atoms with Gasteiger partial charge in [0.15, 0.2) is 6.04 Å². The highest BCUT2D eigenvalue weighted by atomic mass is 127. The summed E-state index contributed by atoms with van der Waals surface area (Å²) in [6.45, 7) is 0. The van der Waals surface area contributed by atoms with Gasteiger partial charge in [-0.15, -0.1) is 0 Å². The number of aromatic nitrogens is 6. The fraction of sp³-hybridized carbons (Fsp3) is 0.154. The number of rotatable bonds is 1. The molecule has 0 aromatic carbocycles. The van der Waals surface area contributed by atoms with E-state index in [0.717, 1.165) is 9.22 Å². The Hall–Kier alpha value is -1.13. The van der Waals surface area contributed by atoms with Gasteiger partial charge in [0, 0.05) is 8.41 Å². The van der Waals surface area contributed by atoms with E-state index >= 15 is 0 Å². The summed E-state index contributed by atoms with van der Waals surface area (Å²) in [5, 5.41) is 7.25. The summed E-state index contributed by atoms with van der Waals surface area (Å²) >= 11 is 15.4. The smallest absolute Gasteiger partial charge is 0.336 e. The molecule has 0 bridgehead atoms. The summed E-state index contributed by atoms with van der Waals surface area (Å²) in [6.07, 6.45) is 2.93. The zero-order valence-corrected chi connectivity index (χ0v) is 19.1. The van der Waals surface area contributed by atoms with Gasteiger partial charge in [-0.1, -0.05) is 23.2 Å². The standard InChI is InChI=1S/C8H5ClIN3O2.C5H2ClIN4.B/c1-15-8(14)6-4-5(7(10)13-6)11-2-3(9)12-4;6-2-1-8-3-4(7)10-11-5(3)9-2;/h2,6H,1H3;1H,(H,9,10,11);. The quantitative estimate of drug-likeness (QED) is 0.250. The van der Waals surface area contributed by atoms with E-state index in [9.17, 15) is 4.79 Å². The van der Waals surface area contributed by atoms with E-state index in [1.54, 1.807) is 0 Å². The molecule has 3 aromatic rings. The number of aliphatic imine (C=N–C) groups is 1. The number of methoxy groups -OCH3 is 1. The lowest BCUT2D eigenvalue weighted by molar-refractivity contribution is -0.142. The average molecular weight is 629 g/mol. The summed E-state index contributed by atoms with van der Waals surface area (Å²) in [5.74, 6) is -0.459. The molecule has 9 nitrogen and oxygen atoms in total. The van der Waals surface area contributed by atoms with Gasteiger partial charge in [0.25, 0.3) is 0 Å². The predicted molar refractivity (Wildman–Crippen MR) is 118 cm³/mol. The zero-order chi connectivity index (χ0) is 18.8. The molecule has 4 rings (SSSR count). The van der Waals surface area contributed by atoms with Crippen LogP contribution in [0.4, 0.5) is 0 Å². The molecule has 0 fully saturated rings. The number of fused-ring (bicyclic) bond motifs is 2. The second kappa shape index (κ2) is 9.38. The number of esters is 1. The molecule has 3 radical (unpaired) electrons. The monoisotopic (exact) mass is 628 g/mol. The molecule has 0 spiro atoms. The van der Waals surface area contributed by atoms with E-state index in [0.29, 0.717) is 25.9 Å². The van der Waals surface area contributed by atoms with Gasteiger partial charge in [0.2, 0.25) is 5.65 Å². The largest absolute Gasteiger partial charge is 0.467 e. The molecule has 14 heteroatoms. The minimum Gasteiger partial charge on any atom is -0.467 e. The Bertz CT molecular complexity index is 1030. The van der Waals surface area contributed by atoms with Gasteiger partial charge in [-0.2, -0.15) is 5.10 Å². The highest BCUT2D eigenvalue weighted by Crippen LogP contribution is 2.30. The topological polar surface area (TPSA) is 119 Å². The summed E-state index contributed by atoms with van der Waals surface area (Å²) in [5.41, 5.74) is 2.37. The third-order valence-electron chi connectivity index (χ3n) is 3.08. The highest BCUT2D eigenvalue weighted by Gasteiger charge is 2.33. The van der Waals surface area contributed by atoms with Crippen molar-refractivity contribution in [2.45, 2.75) is 6.04 Å². The lowest BCUT2D eigenvalue weighted by Gasteiger charge is -2.05. The summed E-state index contributed by atoms with van der Waals surface area (Å²) < 4.78 is 6.14. The molecule has 0 amide bonds. The maximum absolute atomic E-state index is 11.4. The van der Waals surface area contributed by atoms with E-state index < -0.39 is 12.0 Å². The van der Waals surface area contributed by atoms with Crippen LogP contribution in [0.2, 0.25) is 10.3 Å². The van der Waals surface area contributed by atoms with Gasteiger partial charge in [0.1, 0.15) is 34.6 Å². The summed E-state index contributed by atoms with van der Waals surface area (Å²) in [6, 6.07) is -0.733. The van der Waals surface area contributed by atoms with Crippen molar-refractivity contribution in [3.63, 3.8) is 0 Å². The molecular formula is C13H7BCl2I2N7O2. The van der Waals surface area contributed by atoms with E-state index in [4.69, 9.17) is 23.2 Å². The van der Waals surface area contributed by atoms with Gasteiger partial charge in [-0.25, -0.2) is 24.7 Å². The lowest BCUT2D eigenvalue weighted by Crippen LogP contribution is -2.12.